The number of hydrogen-bond acceptors (Lipinski definition) is 7. The SMILES string of the molecule is CN(C)c1nc(N)nc(Cn2nc(C(F)(F)F)ccc2=O)n1. The third-order valence-corrected chi connectivity index (χ3v) is 2.54. The number of alkyl halides is 3. The summed E-state index contributed by atoms with van der Waals surface area (Å²) in [4.78, 5) is 24.8. The lowest BCUT2D eigenvalue weighted by Gasteiger charge is -2.12. The molecule has 0 aliphatic heterocycles. The van der Waals surface area contributed by atoms with E-state index in [2.05, 4.69) is 20.1 Å². The summed E-state index contributed by atoms with van der Waals surface area (Å²) in [5.74, 6) is 0.154. The maximum absolute atomic E-state index is 12.6. The molecule has 2 aromatic rings. The molecule has 0 bridgehead atoms. The molecule has 22 heavy (non-hydrogen) atoms. The highest BCUT2D eigenvalue weighted by atomic mass is 19.4. The molecule has 2 heterocycles. The normalized spacial score (nSPS) is 11.5. The molecule has 2 N–H and O–H groups in total. The van der Waals surface area contributed by atoms with E-state index < -0.39 is 17.4 Å². The number of nitrogen functional groups attached to an aromatic ring is 1. The standard InChI is InChI=1S/C11H12F3N7O/c1-20(2)10-17-7(16-9(15)18-10)5-21-8(22)4-3-6(19-21)11(12,13)14/h3-4H,5H2,1-2H3,(H2,15,16,17,18). The van der Waals surface area contributed by atoms with E-state index in [0.29, 0.717) is 10.7 Å². The van der Waals surface area contributed by atoms with Gasteiger partial charge in [-0.15, -0.1) is 0 Å². The Kier molecular flexibility index (Phi) is 3.97. The fraction of sp³-hybridized carbons (Fsp3) is 0.364. The predicted molar refractivity (Wildman–Crippen MR) is 71.2 cm³/mol. The fourth-order valence-electron chi connectivity index (χ4n) is 1.54. The zero-order chi connectivity index (χ0) is 16.5. The van der Waals surface area contributed by atoms with Crippen LogP contribution in [0, 0.1) is 0 Å². The topological polar surface area (TPSA) is 103 Å². The Labute approximate surface area is 122 Å². The second-order valence-corrected chi connectivity index (χ2v) is 4.52. The van der Waals surface area contributed by atoms with Crippen LogP contribution in [0.5, 0.6) is 0 Å². The van der Waals surface area contributed by atoms with Gasteiger partial charge in [0, 0.05) is 20.2 Å². The van der Waals surface area contributed by atoms with E-state index in [1.807, 2.05) is 0 Å². The van der Waals surface area contributed by atoms with E-state index in [0.717, 1.165) is 6.07 Å². The van der Waals surface area contributed by atoms with Crippen molar-refractivity contribution in [2.75, 3.05) is 24.7 Å². The monoisotopic (exact) mass is 315 g/mol. The largest absolute Gasteiger partial charge is 0.435 e. The van der Waals surface area contributed by atoms with Gasteiger partial charge in [0.05, 0.1) is 0 Å². The van der Waals surface area contributed by atoms with Crippen LogP contribution >= 0.6 is 0 Å². The third kappa shape index (κ3) is 3.48. The van der Waals surface area contributed by atoms with Crippen molar-refractivity contribution in [3.05, 3.63) is 34.0 Å². The first-order chi connectivity index (χ1) is 10.2. The summed E-state index contributed by atoms with van der Waals surface area (Å²) in [7, 11) is 3.32. The summed E-state index contributed by atoms with van der Waals surface area (Å²) in [6.07, 6.45) is -4.65. The molecule has 0 radical (unpaired) electrons. The first-order valence-electron chi connectivity index (χ1n) is 6.00. The van der Waals surface area contributed by atoms with E-state index >= 15 is 0 Å². The molecule has 0 spiro atoms. The van der Waals surface area contributed by atoms with Gasteiger partial charge in [-0.25, -0.2) is 4.68 Å². The molecule has 0 aliphatic rings. The van der Waals surface area contributed by atoms with Crippen LogP contribution in [0.4, 0.5) is 25.1 Å². The van der Waals surface area contributed by atoms with Crippen molar-refractivity contribution in [2.45, 2.75) is 12.7 Å². The van der Waals surface area contributed by atoms with Crippen molar-refractivity contribution >= 4 is 11.9 Å². The highest BCUT2D eigenvalue weighted by molar-refractivity contribution is 5.32. The van der Waals surface area contributed by atoms with Crippen LogP contribution < -0.4 is 16.2 Å². The summed E-state index contributed by atoms with van der Waals surface area (Å²) in [6.45, 7) is -0.351. The second-order valence-electron chi connectivity index (χ2n) is 4.52. The van der Waals surface area contributed by atoms with Crippen molar-refractivity contribution in [2.24, 2.45) is 0 Å². The Morgan fingerprint density at radius 2 is 1.91 bits per heavy atom. The molecule has 8 nitrogen and oxygen atoms in total. The lowest BCUT2D eigenvalue weighted by Crippen LogP contribution is -2.27. The van der Waals surface area contributed by atoms with Crippen molar-refractivity contribution in [1.29, 1.82) is 0 Å². The van der Waals surface area contributed by atoms with Crippen LogP contribution in [-0.4, -0.2) is 38.8 Å². The molecular formula is C11H12F3N7O. The number of halogens is 3. The molecule has 0 saturated carbocycles. The summed E-state index contributed by atoms with van der Waals surface area (Å²) >= 11 is 0. The lowest BCUT2D eigenvalue weighted by molar-refractivity contribution is -0.142. The summed E-state index contributed by atoms with van der Waals surface area (Å²) in [5.41, 5.74) is 3.62. The van der Waals surface area contributed by atoms with Crippen molar-refractivity contribution in [3.63, 3.8) is 0 Å². The van der Waals surface area contributed by atoms with E-state index in [4.69, 9.17) is 5.73 Å². The quantitative estimate of drug-likeness (QED) is 0.859. The van der Waals surface area contributed by atoms with E-state index in [1.165, 1.54) is 0 Å². The van der Waals surface area contributed by atoms with Crippen LogP contribution in [0.1, 0.15) is 11.5 Å². The van der Waals surface area contributed by atoms with Gasteiger partial charge in [-0.2, -0.15) is 33.2 Å². The Morgan fingerprint density at radius 1 is 1.23 bits per heavy atom. The molecule has 0 unspecified atom stereocenters. The minimum Gasteiger partial charge on any atom is -0.368 e. The Morgan fingerprint density at radius 3 is 2.50 bits per heavy atom. The van der Waals surface area contributed by atoms with Gasteiger partial charge < -0.3 is 10.6 Å². The number of anilines is 2. The summed E-state index contributed by atoms with van der Waals surface area (Å²) in [5, 5.41) is 3.27. The van der Waals surface area contributed by atoms with Gasteiger partial charge in [-0.1, -0.05) is 0 Å². The number of hydrogen-bond donors (Lipinski definition) is 1. The molecule has 11 heteroatoms. The molecule has 2 aromatic heterocycles. The average molecular weight is 315 g/mol. The van der Waals surface area contributed by atoms with E-state index in [1.54, 1.807) is 19.0 Å². The summed E-state index contributed by atoms with van der Waals surface area (Å²) < 4.78 is 38.5. The zero-order valence-corrected chi connectivity index (χ0v) is 11.7. The Hall–Kier alpha value is -2.72. The highest BCUT2D eigenvalue weighted by Gasteiger charge is 2.33. The van der Waals surface area contributed by atoms with Crippen LogP contribution in [0.2, 0.25) is 0 Å². The first kappa shape index (κ1) is 15.7. The molecular weight excluding hydrogens is 303 g/mol. The van der Waals surface area contributed by atoms with E-state index in [-0.39, 0.29) is 24.3 Å². The maximum Gasteiger partial charge on any atom is 0.435 e. The van der Waals surface area contributed by atoms with Crippen molar-refractivity contribution < 1.29 is 13.2 Å². The number of aromatic nitrogens is 5. The molecule has 0 amide bonds. The Balaban J connectivity index is 2.41. The minimum atomic E-state index is -4.65. The minimum absolute atomic E-state index is 0.0325. The van der Waals surface area contributed by atoms with Gasteiger partial charge in [-0.05, 0) is 6.07 Å². The van der Waals surface area contributed by atoms with E-state index in [9.17, 15) is 18.0 Å². The van der Waals surface area contributed by atoms with Crippen molar-refractivity contribution in [3.8, 4) is 0 Å². The zero-order valence-electron chi connectivity index (χ0n) is 11.7. The van der Waals surface area contributed by atoms with Gasteiger partial charge >= 0.3 is 6.18 Å². The van der Waals surface area contributed by atoms with Gasteiger partial charge in [0.1, 0.15) is 6.54 Å². The molecule has 0 fully saturated rings. The number of nitrogens with zero attached hydrogens (tertiary/aromatic N) is 6. The van der Waals surface area contributed by atoms with Gasteiger partial charge in [0.2, 0.25) is 11.9 Å². The first-order valence-corrected chi connectivity index (χ1v) is 6.00. The van der Waals surface area contributed by atoms with Gasteiger partial charge in [-0.3, -0.25) is 4.79 Å². The predicted octanol–water partition coefficient (Wildman–Crippen LogP) is 0.144. The van der Waals surface area contributed by atoms with Gasteiger partial charge in [0.25, 0.3) is 5.56 Å². The lowest BCUT2D eigenvalue weighted by atomic mass is 10.4. The average Bonchev–Trinajstić information content (AvgIpc) is 2.39. The van der Waals surface area contributed by atoms with Crippen molar-refractivity contribution in [1.82, 2.24) is 24.7 Å². The smallest absolute Gasteiger partial charge is 0.368 e. The number of nitrogens with two attached hydrogens (primary N) is 1. The molecule has 2 rings (SSSR count). The van der Waals surface area contributed by atoms with Crippen LogP contribution in [0.25, 0.3) is 0 Å². The summed E-state index contributed by atoms with van der Waals surface area (Å²) in [6, 6.07) is 1.40. The highest BCUT2D eigenvalue weighted by Crippen LogP contribution is 2.26. The Bertz CT molecular complexity index is 741. The molecule has 118 valence electrons. The fourth-order valence-corrected chi connectivity index (χ4v) is 1.54. The van der Waals surface area contributed by atoms with Crippen LogP contribution in [0.3, 0.4) is 0 Å². The maximum atomic E-state index is 12.6. The molecule has 0 aliphatic carbocycles. The molecule has 0 atom stereocenters. The third-order valence-electron chi connectivity index (χ3n) is 2.54. The van der Waals surface area contributed by atoms with Crippen LogP contribution in [-0.2, 0) is 12.7 Å². The second kappa shape index (κ2) is 5.58. The number of rotatable bonds is 3. The molecule has 0 saturated heterocycles. The molecule has 0 aromatic carbocycles. The van der Waals surface area contributed by atoms with Crippen LogP contribution in [0.15, 0.2) is 16.9 Å². The van der Waals surface area contributed by atoms with Gasteiger partial charge in [0.15, 0.2) is 11.5 Å².